The number of amides is 1. The average Bonchev–Trinajstić information content (AvgIpc) is 1.43. The molecule has 0 bridgehead atoms. The van der Waals surface area contributed by atoms with Crippen molar-refractivity contribution in [3.63, 3.8) is 0 Å². The summed E-state index contributed by atoms with van der Waals surface area (Å²) >= 11 is 0. The van der Waals surface area contributed by atoms with E-state index < -0.39 is 159 Å². The van der Waals surface area contributed by atoms with Gasteiger partial charge in [0.15, 0.2) is 19.8 Å². The van der Waals surface area contributed by atoms with Gasteiger partial charge in [-0.15, -0.1) is 0 Å². The van der Waals surface area contributed by atoms with E-state index in [4.69, 9.17) is 28.4 Å². The standard InChI is InChI=1S/C104H165NO25S.Na/c1-54(13-25-86(115)105-37-38-131(122,123)124)69-20-24-73-96-77(50-85(104(69,73)12)130-92(121)53-127-89(118)28-16-57(4)68-19-23-72-95-76(49-84(114)103(68,72)11)99(7)35-31-64(108)41-60(99)45-80(95)111)100(8)36-32-65(128-90(119)51-125-87(116)26-14-55(2)66-17-21-70-93-74(47-82(112)101(66,70)9)97(5)33-29-62(106)39-58(97)43-78(93)109)42-61(100)46-81(96)129-91(120)52-126-88(117)27-15-56(3)67-18-22-71-94-75(48-83(113)102(67,71)10)98(6)34-30-63(107)40-59(98)44-79(94)110;/h54-85,93-96,106-114H,13-53H2,1-12H3,(H,105,115)(H,122,123,124);/q;+1/p-1/t54-,55-,56-,57-,58+,59+,60+,61+,62-,63-,64-,65-,66-,67-,68-,69-,70+,71+,72+,73+,74+,75+,76+,77+,78-,79-,80-,81-,82+,83+,84+,85+,93+,94+,95+,96+,97+,98+,99+,100+,101-,102-,103-,104-;/m1./s1. The summed E-state index contributed by atoms with van der Waals surface area (Å²) in [6, 6.07) is 0. The predicted octanol–water partition coefficient (Wildman–Crippen LogP) is 9.44. The fraction of sp³-hybridized carbons (Fsp3) is 0.933. The maximum atomic E-state index is 14.9. The number of carbonyl (C=O) groups is 7. The number of hydrogen-bond donors (Lipinski definition) is 10. The maximum Gasteiger partial charge on any atom is 1.00 e. The van der Waals surface area contributed by atoms with Gasteiger partial charge >= 0.3 is 65.4 Å². The number of hydrogen-bond acceptors (Lipinski definition) is 25. The topological polar surface area (TPSA) is 426 Å². The molecule has 0 unspecified atom stereocenters. The van der Waals surface area contributed by atoms with Crippen molar-refractivity contribution in [2.45, 2.75) is 387 Å². The van der Waals surface area contributed by atoms with Crippen LogP contribution in [0.3, 0.4) is 0 Å². The second-order valence-corrected chi connectivity index (χ2v) is 50.7. The number of nitrogens with one attached hydrogen (secondary N) is 1. The predicted molar refractivity (Wildman–Crippen MR) is 482 cm³/mol. The van der Waals surface area contributed by atoms with Crippen LogP contribution in [0.5, 0.6) is 0 Å². The van der Waals surface area contributed by atoms with Gasteiger partial charge in [0.25, 0.3) is 0 Å². The Balaban J connectivity index is 0.0000133. The van der Waals surface area contributed by atoms with Crippen molar-refractivity contribution in [2.75, 3.05) is 32.1 Å². The third kappa shape index (κ3) is 18.8. The number of esters is 6. The Morgan fingerprint density at radius 2 is 0.674 bits per heavy atom. The summed E-state index contributed by atoms with van der Waals surface area (Å²) < 4.78 is 72.0. The number of rotatable bonds is 28. The molecule has 16 saturated carbocycles. The average molecular weight is 1880 g/mol. The summed E-state index contributed by atoms with van der Waals surface area (Å²) in [5, 5.41) is 107. The fourth-order valence-corrected chi connectivity index (χ4v) is 37.1. The smallest absolute Gasteiger partial charge is 0.748 e. The molecule has 742 valence electrons. The van der Waals surface area contributed by atoms with Gasteiger partial charge in [-0.25, -0.2) is 22.8 Å². The van der Waals surface area contributed by atoms with Crippen LogP contribution in [0.25, 0.3) is 0 Å². The van der Waals surface area contributed by atoms with Gasteiger partial charge in [0, 0.05) is 43.6 Å². The summed E-state index contributed by atoms with van der Waals surface area (Å²) in [5.41, 5.74) is -3.10. The van der Waals surface area contributed by atoms with Crippen LogP contribution in [0.15, 0.2) is 0 Å². The minimum absolute atomic E-state index is 0. The van der Waals surface area contributed by atoms with Gasteiger partial charge < -0.3 is 84.2 Å². The zero-order valence-electron chi connectivity index (χ0n) is 81.7. The molecule has 44 atom stereocenters. The molecular weight excluding hydrogens is 1720 g/mol. The van der Waals surface area contributed by atoms with Crippen molar-refractivity contribution in [2.24, 2.45) is 185 Å². The van der Waals surface area contributed by atoms with Gasteiger partial charge in [-0.2, -0.15) is 0 Å². The van der Waals surface area contributed by atoms with E-state index in [-0.39, 0.29) is 245 Å². The van der Waals surface area contributed by atoms with Crippen LogP contribution in [0.2, 0.25) is 0 Å². The van der Waals surface area contributed by atoms with E-state index in [1.54, 1.807) is 0 Å². The number of aliphatic hydroxyl groups excluding tert-OH is 9. The van der Waals surface area contributed by atoms with Crippen LogP contribution in [-0.2, 0) is 72.1 Å². The van der Waals surface area contributed by atoms with E-state index in [1.165, 1.54) is 0 Å². The zero-order chi connectivity index (χ0) is 94.3. The van der Waals surface area contributed by atoms with Crippen LogP contribution in [0.1, 0.15) is 314 Å². The Kier molecular flexibility index (Phi) is 31.0. The van der Waals surface area contributed by atoms with Gasteiger partial charge in [0.05, 0.1) is 70.8 Å². The molecule has 26 nitrogen and oxygen atoms in total. The van der Waals surface area contributed by atoms with Crippen molar-refractivity contribution >= 4 is 51.8 Å². The molecule has 132 heavy (non-hydrogen) atoms. The van der Waals surface area contributed by atoms with Crippen molar-refractivity contribution in [3.05, 3.63) is 0 Å². The Hall–Kier alpha value is -3.16. The molecule has 10 N–H and O–H groups in total. The monoisotopic (exact) mass is 1880 g/mol. The molecule has 0 aliphatic heterocycles. The minimum Gasteiger partial charge on any atom is -0.748 e. The van der Waals surface area contributed by atoms with Crippen molar-refractivity contribution in [1.82, 2.24) is 5.32 Å². The molecule has 16 aliphatic carbocycles. The first-order chi connectivity index (χ1) is 61.7. The maximum absolute atomic E-state index is 14.9. The molecule has 28 heteroatoms. The van der Waals surface area contributed by atoms with Crippen LogP contribution < -0.4 is 34.9 Å². The molecular formula is C104H164NNaO25S. The second-order valence-electron chi connectivity index (χ2n) is 49.1. The Bertz CT molecular complexity index is 4250. The third-order valence-corrected chi connectivity index (χ3v) is 44.5. The van der Waals surface area contributed by atoms with Gasteiger partial charge in [0.1, 0.15) is 18.3 Å². The van der Waals surface area contributed by atoms with Crippen LogP contribution in [-0.4, -0.2) is 206 Å². The van der Waals surface area contributed by atoms with Crippen LogP contribution in [0, 0.1) is 185 Å². The molecule has 0 aromatic carbocycles. The molecule has 16 fully saturated rings. The molecule has 0 radical (unpaired) electrons. The second kappa shape index (κ2) is 39.6. The van der Waals surface area contributed by atoms with Crippen molar-refractivity contribution in [3.8, 4) is 0 Å². The summed E-state index contributed by atoms with van der Waals surface area (Å²) in [7, 11) is -4.60. The van der Waals surface area contributed by atoms with Crippen molar-refractivity contribution < 1.29 is 150 Å². The molecule has 0 saturated heterocycles. The normalized spacial score (nSPS) is 48.1. The number of ether oxygens (including phenoxy) is 6. The first-order valence-electron chi connectivity index (χ1n) is 52.1. The largest absolute Gasteiger partial charge is 1.00 e. The molecule has 0 aromatic heterocycles. The molecule has 0 heterocycles. The fourth-order valence-electron chi connectivity index (χ4n) is 36.7. The molecule has 16 aliphatic rings. The van der Waals surface area contributed by atoms with E-state index in [9.17, 15) is 92.5 Å². The summed E-state index contributed by atoms with van der Waals surface area (Å²) in [6.07, 6.45) is 13.8. The van der Waals surface area contributed by atoms with Gasteiger partial charge in [0.2, 0.25) is 5.91 Å². The molecule has 0 spiro atoms. The van der Waals surface area contributed by atoms with E-state index in [0.29, 0.717) is 122 Å². The van der Waals surface area contributed by atoms with Gasteiger partial charge in [-0.05, 0) is 379 Å². The van der Waals surface area contributed by atoms with E-state index >= 15 is 0 Å². The molecule has 16 rings (SSSR count). The Labute approximate surface area is 807 Å². The summed E-state index contributed by atoms with van der Waals surface area (Å²) in [5.74, 6) is -5.15. The van der Waals surface area contributed by atoms with Gasteiger partial charge in [-0.1, -0.05) is 83.1 Å². The zero-order valence-corrected chi connectivity index (χ0v) is 84.6. The number of aliphatic hydroxyl groups is 9. The molecule has 0 aromatic rings. The molecule has 1 amide bonds. The summed E-state index contributed by atoms with van der Waals surface area (Å²) in [4.78, 5) is 99.3. The number of carbonyl (C=O) groups excluding carboxylic acids is 7. The van der Waals surface area contributed by atoms with Crippen LogP contribution in [0.4, 0.5) is 0 Å². The quantitative estimate of drug-likeness (QED) is 0.0151. The SMILES string of the molecule is C[C@H](CCC(=O)OCC(=O)O[C@@H]1CC[C@@]2(C)[C@@H](C1)C[C@@H](OC(=O)COC(=O)CC[C@@H](C)[C@H]1CC[C@H]3[C@@H]4[C@H](O)C[C@@H]5C[C@H](O)CC[C@]5(C)[C@H]4C[C@H](O)[C@]13C)[C@@H]1[C@@H]2C[C@H](OC(=O)COC(=O)CC[C@@H](C)[C@H]2CC[C@H]3[C@@H]4[C@H](O)C[C@@H]5C[C@H](O)CC[C@]5(C)[C@H]4C[C@H](O)[C@]23C)[C@]2(C)[C@@H]([C@H](C)CCC(=O)NCCS(=O)(=O)[O-])CC[C@@H]12)[C@H]1CC[C@H]2[C@@H]3[C@H](O)C[C@@H]4C[C@H](O)CC[C@]4(C)[C@H]3C[C@H](O)[C@]12C.[Na+]. The van der Waals surface area contributed by atoms with Gasteiger partial charge in [-0.3, -0.25) is 19.2 Å². The van der Waals surface area contributed by atoms with E-state index in [2.05, 4.69) is 81.5 Å². The summed E-state index contributed by atoms with van der Waals surface area (Å²) in [6.45, 7) is 23.9. The third-order valence-electron chi connectivity index (χ3n) is 43.8. The van der Waals surface area contributed by atoms with Crippen molar-refractivity contribution in [1.29, 1.82) is 0 Å². The minimum atomic E-state index is -4.60. The Morgan fingerprint density at radius 1 is 0.356 bits per heavy atom. The first-order valence-corrected chi connectivity index (χ1v) is 53.7. The van der Waals surface area contributed by atoms with Crippen LogP contribution >= 0.6 is 0 Å². The first kappa shape index (κ1) is 103. The van der Waals surface area contributed by atoms with E-state index in [1.807, 2.05) is 6.92 Å². The van der Waals surface area contributed by atoms with E-state index in [0.717, 1.165) is 77.0 Å². The number of fused-ring (bicyclic) bond motifs is 20. The Morgan fingerprint density at radius 3 is 1.05 bits per heavy atom.